The predicted octanol–water partition coefficient (Wildman–Crippen LogP) is 0.271. The van der Waals surface area contributed by atoms with Gasteiger partial charge in [0.2, 0.25) is 0 Å². The van der Waals surface area contributed by atoms with Crippen molar-refractivity contribution >= 4 is 33.4 Å². The van der Waals surface area contributed by atoms with Crippen molar-refractivity contribution in [2.75, 3.05) is 32.7 Å². The number of nitrogens with two attached hydrogens (primary N) is 1. The number of hydrogen-bond donors (Lipinski definition) is 3. The monoisotopic (exact) mass is 345 g/mol. The summed E-state index contributed by atoms with van der Waals surface area (Å²) in [5, 5.41) is 16.1. The van der Waals surface area contributed by atoms with Gasteiger partial charge >= 0.3 is 0 Å². The van der Waals surface area contributed by atoms with Gasteiger partial charge in [0.1, 0.15) is 38.8 Å². The molecule has 0 radical (unpaired) electrons. The first-order chi connectivity index (χ1) is 11.7. The molecule has 0 amide bonds. The predicted molar refractivity (Wildman–Crippen MR) is 97.7 cm³/mol. The van der Waals surface area contributed by atoms with Crippen molar-refractivity contribution in [2.24, 2.45) is 0 Å². The van der Waals surface area contributed by atoms with Crippen molar-refractivity contribution in [2.45, 2.75) is 12.6 Å². The van der Waals surface area contributed by atoms with Gasteiger partial charge in [-0.25, -0.2) is 0 Å². The molecule has 24 heavy (non-hydrogen) atoms. The number of piperazine rings is 1. The number of aromatic nitrogens is 1. The lowest BCUT2D eigenvalue weighted by atomic mass is 10.2. The van der Waals surface area contributed by atoms with Crippen LogP contribution in [0, 0.1) is 0 Å². The molecule has 0 aliphatic carbocycles. The first kappa shape index (κ1) is 15.9. The molecule has 2 heterocycles. The lowest BCUT2D eigenvalue weighted by Crippen LogP contribution is -3.21. The smallest absolute Gasteiger partial charge is 0.127 e. The number of nitrogens with zero attached hydrogens (tertiary/aromatic N) is 1. The summed E-state index contributed by atoms with van der Waals surface area (Å²) in [4.78, 5) is 1.51. The van der Waals surface area contributed by atoms with E-state index in [9.17, 15) is 5.11 Å². The Morgan fingerprint density at radius 2 is 1.83 bits per heavy atom. The Balaban J connectivity index is 1.67. The van der Waals surface area contributed by atoms with Crippen molar-refractivity contribution in [1.29, 1.82) is 0 Å². The van der Waals surface area contributed by atoms with E-state index in [0.29, 0.717) is 6.54 Å². The zero-order valence-electron chi connectivity index (χ0n) is 13.7. The Morgan fingerprint density at radius 3 is 2.67 bits per heavy atom. The number of nitrogens with one attached hydrogen (secondary N) is 1. The highest BCUT2D eigenvalue weighted by Crippen LogP contribution is 2.31. The molecule has 1 aromatic heterocycles. The van der Waals surface area contributed by atoms with E-state index in [0.717, 1.165) is 54.2 Å². The summed E-state index contributed by atoms with van der Waals surface area (Å²) in [5.41, 5.74) is 2.30. The molecular formula is C19H24ClN3O+2. The quantitative estimate of drug-likeness (QED) is 0.624. The zero-order valence-corrected chi connectivity index (χ0v) is 14.5. The van der Waals surface area contributed by atoms with Crippen LogP contribution in [0.25, 0.3) is 21.8 Å². The normalized spacial score (nSPS) is 17.6. The van der Waals surface area contributed by atoms with Crippen LogP contribution in [0.5, 0.6) is 0 Å². The second-order valence-electron chi connectivity index (χ2n) is 6.76. The van der Waals surface area contributed by atoms with Gasteiger partial charge in [0.15, 0.2) is 0 Å². The summed E-state index contributed by atoms with van der Waals surface area (Å²) in [6.45, 7) is 6.04. The highest BCUT2D eigenvalue weighted by molar-refractivity contribution is 6.31. The van der Waals surface area contributed by atoms with Crippen molar-refractivity contribution in [3.05, 3.63) is 47.5 Å². The summed E-state index contributed by atoms with van der Waals surface area (Å²) in [6.07, 6.45) is -0.340. The molecule has 0 spiro atoms. The first-order valence-corrected chi connectivity index (χ1v) is 9.10. The Labute approximate surface area is 146 Å². The minimum atomic E-state index is -0.340. The molecule has 1 saturated heterocycles. The third-order valence-electron chi connectivity index (χ3n) is 5.06. The summed E-state index contributed by atoms with van der Waals surface area (Å²) in [5.74, 6) is 0. The number of halogens is 1. The molecule has 2 aromatic carbocycles. The van der Waals surface area contributed by atoms with Gasteiger partial charge in [0.25, 0.3) is 0 Å². The van der Waals surface area contributed by atoms with E-state index in [1.54, 1.807) is 0 Å². The molecule has 126 valence electrons. The molecule has 0 saturated carbocycles. The van der Waals surface area contributed by atoms with E-state index in [1.807, 2.05) is 12.1 Å². The number of hydrogen-bond acceptors (Lipinski definition) is 1. The number of rotatable bonds is 4. The molecule has 5 heteroatoms. The molecule has 1 atom stereocenters. The fourth-order valence-corrected chi connectivity index (χ4v) is 4.09. The van der Waals surface area contributed by atoms with Crippen LogP contribution in [0.1, 0.15) is 0 Å². The molecule has 4 rings (SSSR count). The van der Waals surface area contributed by atoms with Crippen molar-refractivity contribution in [1.82, 2.24) is 4.57 Å². The maximum Gasteiger partial charge on any atom is 0.127 e. The maximum atomic E-state index is 10.7. The largest absolute Gasteiger partial charge is 0.385 e. The zero-order chi connectivity index (χ0) is 16.5. The second kappa shape index (κ2) is 6.73. The van der Waals surface area contributed by atoms with Gasteiger partial charge in [-0.05, 0) is 24.3 Å². The molecule has 3 aromatic rings. The van der Waals surface area contributed by atoms with E-state index in [4.69, 9.17) is 11.6 Å². The summed E-state index contributed by atoms with van der Waals surface area (Å²) in [6, 6.07) is 14.4. The molecule has 1 aliphatic rings. The lowest BCUT2D eigenvalue weighted by Gasteiger charge is -2.25. The van der Waals surface area contributed by atoms with Crippen LogP contribution < -0.4 is 10.2 Å². The van der Waals surface area contributed by atoms with Crippen LogP contribution in [0.15, 0.2) is 42.5 Å². The SMILES string of the molecule is O[C@H](Cn1c2ccccc2c2cc(Cl)ccc21)C[NH+]1CC[NH2+]CC1. The van der Waals surface area contributed by atoms with Crippen molar-refractivity contribution in [3.8, 4) is 0 Å². The van der Waals surface area contributed by atoms with Gasteiger partial charge in [-0.1, -0.05) is 29.8 Å². The summed E-state index contributed by atoms with van der Waals surface area (Å²) in [7, 11) is 0. The highest BCUT2D eigenvalue weighted by Gasteiger charge is 2.21. The molecule has 4 N–H and O–H groups in total. The number of aliphatic hydroxyl groups is 1. The van der Waals surface area contributed by atoms with Crippen LogP contribution in [0.4, 0.5) is 0 Å². The van der Waals surface area contributed by atoms with E-state index < -0.39 is 0 Å². The minimum Gasteiger partial charge on any atom is -0.385 e. The summed E-state index contributed by atoms with van der Waals surface area (Å²) >= 11 is 6.20. The third kappa shape index (κ3) is 3.03. The molecule has 0 bridgehead atoms. The van der Waals surface area contributed by atoms with Gasteiger partial charge < -0.3 is 19.9 Å². The number of fused-ring (bicyclic) bond motifs is 3. The van der Waals surface area contributed by atoms with E-state index >= 15 is 0 Å². The van der Waals surface area contributed by atoms with Crippen LogP contribution in [0.3, 0.4) is 0 Å². The van der Waals surface area contributed by atoms with Crippen LogP contribution >= 0.6 is 11.6 Å². The first-order valence-electron chi connectivity index (χ1n) is 8.72. The molecule has 4 nitrogen and oxygen atoms in total. The number of para-hydroxylation sites is 1. The van der Waals surface area contributed by atoms with Crippen molar-refractivity contribution in [3.63, 3.8) is 0 Å². The van der Waals surface area contributed by atoms with Crippen LogP contribution in [0.2, 0.25) is 5.02 Å². The molecular weight excluding hydrogens is 322 g/mol. The van der Waals surface area contributed by atoms with Gasteiger partial charge in [0, 0.05) is 26.8 Å². The molecule has 0 unspecified atom stereocenters. The minimum absolute atomic E-state index is 0.340. The topological polar surface area (TPSA) is 46.2 Å². The fourth-order valence-electron chi connectivity index (χ4n) is 3.92. The van der Waals surface area contributed by atoms with Crippen LogP contribution in [-0.4, -0.2) is 48.5 Å². The van der Waals surface area contributed by atoms with Crippen molar-refractivity contribution < 1.29 is 15.3 Å². The Kier molecular flexibility index (Phi) is 4.46. The Morgan fingerprint density at radius 1 is 1.08 bits per heavy atom. The van der Waals surface area contributed by atoms with E-state index in [1.165, 1.54) is 10.3 Å². The lowest BCUT2D eigenvalue weighted by molar-refractivity contribution is -0.949. The van der Waals surface area contributed by atoms with Crippen LogP contribution in [-0.2, 0) is 6.54 Å². The highest BCUT2D eigenvalue weighted by atomic mass is 35.5. The molecule has 1 fully saturated rings. The maximum absolute atomic E-state index is 10.7. The van der Waals surface area contributed by atoms with Gasteiger partial charge in [-0.15, -0.1) is 0 Å². The average molecular weight is 346 g/mol. The van der Waals surface area contributed by atoms with E-state index in [2.05, 4.69) is 40.2 Å². The molecule has 1 aliphatic heterocycles. The summed E-state index contributed by atoms with van der Waals surface area (Å²) < 4.78 is 2.24. The number of aliphatic hydroxyl groups excluding tert-OH is 1. The van der Waals surface area contributed by atoms with E-state index in [-0.39, 0.29) is 6.10 Å². The Hall–Kier alpha value is -1.59. The number of benzene rings is 2. The second-order valence-corrected chi connectivity index (χ2v) is 7.20. The fraction of sp³-hybridized carbons (Fsp3) is 0.368. The average Bonchev–Trinajstić information content (AvgIpc) is 2.89. The van der Waals surface area contributed by atoms with Gasteiger partial charge in [0.05, 0.1) is 6.54 Å². The Bertz CT molecular complexity index is 854. The van der Waals surface area contributed by atoms with Gasteiger partial charge in [-0.2, -0.15) is 0 Å². The van der Waals surface area contributed by atoms with Gasteiger partial charge in [-0.3, -0.25) is 0 Å². The number of quaternary nitrogens is 2. The standard InChI is InChI=1S/C19H22ClN3O/c20-14-5-6-19-17(11-14)16-3-1-2-4-18(16)23(19)13-15(24)12-22-9-7-21-8-10-22/h1-6,11,15,21,24H,7-10,12-13H2/p+2/t15-/m0/s1. The third-order valence-corrected chi connectivity index (χ3v) is 5.29.